The number of methoxy groups -OCH3 is 1. The molecule has 22 heteroatoms. The highest BCUT2D eigenvalue weighted by molar-refractivity contribution is 5.82. The molecule has 2 heterocycles. The number of hydrogen-bond donors (Lipinski definition) is 10. The van der Waals surface area contributed by atoms with Crippen LogP contribution in [0, 0.1) is 0 Å². The number of nitrogens with one attached hydrogen (secondary N) is 3. The standard InChI is InChI=1S/C31H45F3N4O15/c1-12(39)37-15-8-14(35)25(52-27-21(42)18(38-29(46)31(32,33)34)19(40)17(51-27)11-48-2)24(45)26(15)53-28-23(44)22(43)20(41)16(50-28)9-36-30(47)49-10-13-6-4-3-5-7-13/h3-7,14-28,40-45H,8-11,35H2,1-2H3,(H,36,47)(H,37,39)(H,38,46)/t14-,15?,16?,17?,18?,19-,20-,21?,22?,23?,24?,25?,26-,27-,28-/m1/s1. The number of nitrogens with two attached hydrogens (primary N) is 1. The maximum atomic E-state index is 13.1. The van der Waals surface area contributed by atoms with Gasteiger partial charge in [-0.1, -0.05) is 30.3 Å². The average molecular weight is 771 g/mol. The van der Waals surface area contributed by atoms with Crippen molar-refractivity contribution in [2.75, 3.05) is 20.3 Å². The van der Waals surface area contributed by atoms with Gasteiger partial charge in [0.1, 0.15) is 67.6 Å². The van der Waals surface area contributed by atoms with Gasteiger partial charge in [0.2, 0.25) is 5.91 Å². The maximum absolute atomic E-state index is 13.1. The van der Waals surface area contributed by atoms with E-state index in [0.29, 0.717) is 5.56 Å². The molecule has 4 rings (SSSR count). The van der Waals surface area contributed by atoms with Crippen LogP contribution in [0.15, 0.2) is 30.3 Å². The van der Waals surface area contributed by atoms with Crippen molar-refractivity contribution in [3.63, 3.8) is 0 Å². The number of benzene rings is 1. The van der Waals surface area contributed by atoms with Crippen LogP contribution in [-0.2, 0) is 44.6 Å². The summed E-state index contributed by atoms with van der Waals surface area (Å²) in [6, 6.07) is 4.38. The van der Waals surface area contributed by atoms with Crippen molar-refractivity contribution in [3.8, 4) is 0 Å². The van der Waals surface area contributed by atoms with Crippen molar-refractivity contribution in [2.24, 2.45) is 5.73 Å². The molecule has 3 fully saturated rings. The molecule has 1 aromatic rings. The van der Waals surface area contributed by atoms with Gasteiger partial charge >= 0.3 is 18.2 Å². The number of alkyl halides is 3. The van der Waals surface area contributed by atoms with E-state index in [9.17, 15) is 58.2 Å². The Labute approximate surface area is 300 Å². The lowest BCUT2D eigenvalue weighted by atomic mass is 9.83. The van der Waals surface area contributed by atoms with E-state index in [0.717, 1.165) is 6.92 Å². The monoisotopic (exact) mass is 770 g/mol. The number of aliphatic hydroxyl groups excluding tert-OH is 6. The van der Waals surface area contributed by atoms with Gasteiger partial charge in [-0.3, -0.25) is 9.59 Å². The minimum absolute atomic E-state index is 0.0807. The van der Waals surface area contributed by atoms with Crippen molar-refractivity contribution >= 4 is 17.9 Å². The molecule has 53 heavy (non-hydrogen) atoms. The largest absolute Gasteiger partial charge is 0.471 e. The van der Waals surface area contributed by atoms with Crippen molar-refractivity contribution in [1.29, 1.82) is 0 Å². The molecule has 1 aromatic carbocycles. The first kappa shape index (κ1) is 42.5. The van der Waals surface area contributed by atoms with E-state index >= 15 is 0 Å². The zero-order chi connectivity index (χ0) is 39.2. The highest BCUT2D eigenvalue weighted by Gasteiger charge is 2.54. The molecule has 19 nitrogen and oxygen atoms in total. The fourth-order valence-corrected chi connectivity index (χ4v) is 6.22. The third-order valence-electron chi connectivity index (χ3n) is 8.91. The third-order valence-corrected chi connectivity index (χ3v) is 8.91. The summed E-state index contributed by atoms with van der Waals surface area (Å²) in [6.45, 7) is 0.177. The van der Waals surface area contributed by atoms with E-state index in [1.165, 1.54) is 12.4 Å². The molecule has 9 unspecified atom stereocenters. The van der Waals surface area contributed by atoms with Gasteiger partial charge in [0.05, 0.1) is 18.7 Å². The second kappa shape index (κ2) is 18.4. The van der Waals surface area contributed by atoms with E-state index in [2.05, 4.69) is 10.6 Å². The minimum Gasteiger partial charge on any atom is -0.445 e. The molecule has 0 radical (unpaired) electrons. The maximum Gasteiger partial charge on any atom is 0.471 e. The highest BCUT2D eigenvalue weighted by atomic mass is 19.4. The third kappa shape index (κ3) is 10.7. The molecule has 2 saturated heterocycles. The Hall–Kier alpha value is -3.26. The molecule has 2 aliphatic heterocycles. The van der Waals surface area contributed by atoms with E-state index in [4.69, 9.17) is 34.2 Å². The van der Waals surface area contributed by atoms with Crippen molar-refractivity contribution in [3.05, 3.63) is 35.9 Å². The lowest BCUT2D eigenvalue weighted by Gasteiger charge is -2.49. The Morgan fingerprint density at radius 1 is 0.849 bits per heavy atom. The molecular formula is C31H45F3N4O15. The Morgan fingerprint density at radius 2 is 1.47 bits per heavy atom. The zero-order valence-corrected chi connectivity index (χ0v) is 28.4. The van der Waals surface area contributed by atoms with Crippen LogP contribution >= 0.6 is 0 Å². The molecule has 3 aliphatic rings. The highest BCUT2D eigenvalue weighted by Crippen LogP contribution is 2.33. The minimum atomic E-state index is -5.38. The number of amides is 3. The molecule has 3 amide bonds. The smallest absolute Gasteiger partial charge is 0.445 e. The fourth-order valence-electron chi connectivity index (χ4n) is 6.22. The quantitative estimate of drug-likeness (QED) is 0.0976. The predicted octanol–water partition coefficient (Wildman–Crippen LogP) is -3.77. The van der Waals surface area contributed by atoms with E-state index in [1.807, 2.05) is 0 Å². The van der Waals surface area contributed by atoms with Crippen molar-refractivity contribution < 1.29 is 86.6 Å². The van der Waals surface area contributed by atoms with Crippen molar-refractivity contribution in [2.45, 2.75) is 118 Å². The van der Waals surface area contributed by atoms with E-state index < -0.39 is 129 Å². The first-order valence-corrected chi connectivity index (χ1v) is 16.5. The first-order valence-electron chi connectivity index (χ1n) is 16.5. The molecule has 1 aliphatic carbocycles. The van der Waals surface area contributed by atoms with Crippen LogP contribution in [0.25, 0.3) is 0 Å². The van der Waals surface area contributed by atoms with Gasteiger partial charge in [0.15, 0.2) is 12.6 Å². The molecule has 0 bridgehead atoms. The van der Waals surface area contributed by atoms with Crippen LogP contribution in [0.4, 0.5) is 18.0 Å². The predicted molar refractivity (Wildman–Crippen MR) is 168 cm³/mol. The summed E-state index contributed by atoms with van der Waals surface area (Å²) in [5.74, 6) is -3.08. The van der Waals surface area contributed by atoms with Crippen LogP contribution in [0.1, 0.15) is 18.9 Å². The number of ether oxygens (including phenoxy) is 6. The summed E-state index contributed by atoms with van der Waals surface area (Å²) in [5, 5.41) is 71.4. The first-order chi connectivity index (χ1) is 24.9. The summed E-state index contributed by atoms with van der Waals surface area (Å²) in [6.07, 6.45) is -27.9. The Bertz CT molecular complexity index is 1370. The second-order valence-electron chi connectivity index (χ2n) is 12.8. The van der Waals surface area contributed by atoms with Crippen LogP contribution in [-0.4, -0.2) is 167 Å². The lowest BCUT2D eigenvalue weighted by Crippen LogP contribution is -2.70. The number of halogens is 3. The molecule has 0 aromatic heterocycles. The normalized spacial score (nSPS) is 37.7. The summed E-state index contributed by atoms with van der Waals surface area (Å²) in [7, 11) is 1.18. The number of aliphatic hydroxyl groups is 6. The van der Waals surface area contributed by atoms with Gasteiger partial charge in [-0.2, -0.15) is 13.2 Å². The Morgan fingerprint density at radius 3 is 2.09 bits per heavy atom. The van der Waals surface area contributed by atoms with Crippen molar-refractivity contribution in [1.82, 2.24) is 16.0 Å². The summed E-state index contributed by atoms with van der Waals surface area (Å²) in [5.41, 5.74) is 6.97. The average Bonchev–Trinajstić information content (AvgIpc) is 3.10. The van der Waals surface area contributed by atoms with Gasteiger partial charge in [-0.25, -0.2) is 4.79 Å². The molecule has 300 valence electrons. The number of rotatable bonds is 12. The van der Waals surface area contributed by atoms with E-state index in [-0.39, 0.29) is 13.0 Å². The molecule has 15 atom stereocenters. The fraction of sp³-hybridized carbons (Fsp3) is 0.710. The second-order valence-corrected chi connectivity index (χ2v) is 12.8. The lowest BCUT2D eigenvalue weighted by molar-refractivity contribution is -0.334. The van der Waals surface area contributed by atoms with Crippen LogP contribution in [0.3, 0.4) is 0 Å². The van der Waals surface area contributed by atoms with Gasteiger partial charge in [-0.15, -0.1) is 0 Å². The number of alkyl carbamates (subject to hydrolysis) is 1. The van der Waals surface area contributed by atoms with Crippen LogP contribution in [0.5, 0.6) is 0 Å². The summed E-state index contributed by atoms with van der Waals surface area (Å²) < 4.78 is 72.1. The number of hydrogen-bond acceptors (Lipinski definition) is 16. The Kier molecular flexibility index (Phi) is 14.7. The van der Waals surface area contributed by atoms with Gasteiger partial charge in [0, 0.05) is 26.6 Å². The number of carbonyl (C=O) groups excluding carboxylic acids is 3. The molecular weight excluding hydrogens is 725 g/mol. The van der Waals surface area contributed by atoms with Gasteiger partial charge < -0.3 is 80.7 Å². The Balaban J connectivity index is 1.49. The van der Waals surface area contributed by atoms with Crippen LogP contribution < -0.4 is 21.7 Å². The summed E-state index contributed by atoms with van der Waals surface area (Å²) >= 11 is 0. The molecule has 1 saturated carbocycles. The summed E-state index contributed by atoms with van der Waals surface area (Å²) in [4.78, 5) is 36.1. The van der Waals surface area contributed by atoms with Crippen LogP contribution in [0.2, 0.25) is 0 Å². The zero-order valence-electron chi connectivity index (χ0n) is 28.4. The SMILES string of the molecule is COCC1O[C@H](OC2C(O)[C@H](O[C@H]3OC(CNC(=O)OCc4ccccc4)[C@@H](O)C(O)C3O)C(NC(C)=O)C[C@H]2N)C(O)C(NC(=O)C(F)(F)F)[C@@H]1O. The molecule has 0 spiro atoms. The topological polar surface area (TPSA) is 290 Å². The van der Waals surface area contributed by atoms with E-state index in [1.54, 1.807) is 30.3 Å². The molecule has 11 N–H and O–H groups in total. The van der Waals surface area contributed by atoms with Gasteiger partial charge in [-0.05, 0) is 12.0 Å². The number of carbonyl (C=O) groups is 3. The van der Waals surface area contributed by atoms with Gasteiger partial charge in [0.25, 0.3) is 0 Å².